The molecule has 9 heteroatoms. The molecular formula is C20H22FN3O4S. The first-order chi connectivity index (χ1) is 13.8. The maximum Gasteiger partial charge on any atom is 0.246 e. The summed E-state index contributed by atoms with van der Waals surface area (Å²) in [6, 6.07) is 7.28. The van der Waals surface area contributed by atoms with Crippen LogP contribution < -0.4 is 4.74 Å². The minimum absolute atomic E-state index is 0.0959. The number of benzene rings is 1. The summed E-state index contributed by atoms with van der Waals surface area (Å²) in [5.74, 6) is -0.551. The van der Waals surface area contributed by atoms with E-state index in [1.54, 1.807) is 12.4 Å². The average Bonchev–Trinajstić information content (AvgIpc) is 3.11. The maximum absolute atomic E-state index is 13.7. The molecule has 3 aromatic rings. The highest BCUT2D eigenvalue weighted by atomic mass is 32.2. The van der Waals surface area contributed by atoms with Crippen molar-refractivity contribution in [3.63, 3.8) is 0 Å². The van der Waals surface area contributed by atoms with Crippen LogP contribution >= 0.6 is 0 Å². The lowest BCUT2D eigenvalue weighted by atomic mass is 9.92. The number of hydrogen-bond acceptors (Lipinski definition) is 5. The summed E-state index contributed by atoms with van der Waals surface area (Å²) in [4.78, 5) is 3.93. The number of aromatic nitrogens is 2. The maximum atomic E-state index is 13.7. The third-order valence-electron chi connectivity index (χ3n) is 5.44. The van der Waals surface area contributed by atoms with Gasteiger partial charge in [-0.05, 0) is 43.2 Å². The van der Waals surface area contributed by atoms with Crippen LogP contribution in [0.2, 0.25) is 0 Å². The second-order valence-corrected chi connectivity index (χ2v) is 9.21. The van der Waals surface area contributed by atoms with Gasteiger partial charge in [0, 0.05) is 30.9 Å². The number of halogens is 1. The van der Waals surface area contributed by atoms with Crippen LogP contribution in [0.1, 0.15) is 12.8 Å². The van der Waals surface area contributed by atoms with Gasteiger partial charge in [-0.25, -0.2) is 12.8 Å². The number of rotatable bonds is 5. The minimum atomic E-state index is -3.93. The molecule has 0 bridgehead atoms. The van der Waals surface area contributed by atoms with Gasteiger partial charge in [-0.1, -0.05) is 0 Å². The fourth-order valence-corrected chi connectivity index (χ4v) is 5.38. The Hall–Kier alpha value is -2.49. The van der Waals surface area contributed by atoms with Crippen molar-refractivity contribution in [3.05, 3.63) is 54.7 Å². The molecule has 0 radical (unpaired) electrons. The molecule has 1 aliphatic rings. The van der Waals surface area contributed by atoms with Crippen molar-refractivity contribution < 1.29 is 22.7 Å². The number of hydrogen-bond donors (Lipinski definition) is 1. The molecule has 0 amide bonds. The molecule has 3 heterocycles. The van der Waals surface area contributed by atoms with Gasteiger partial charge in [0.25, 0.3) is 0 Å². The number of methoxy groups -OCH3 is 1. The fraction of sp³-hybridized carbons (Fsp3) is 0.350. The molecule has 29 heavy (non-hydrogen) atoms. The van der Waals surface area contributed by atoms with Crippen molar-refractivity contribution in [2.24, 2.45) is 0 Å². The number of nitrogens with zero attached hydrogens (tertiary/aromatic N) is 3. The standard InChI is InChI=1S/C20H22FN3O4S/c1-28-18-3-2-16(21)12-19(18)29(26,27)24-10-6-20(25,7-11-24)14-23-9-5-15-4-8-22-13-17(15)23/h2-5,8-9,12-13,25H,6-7,10-11,14H2,1H3. The van der Waals surface area contributed by atoms with Crippen molar-refractivity contribution >= 4 is 20.9 Å². The van der Waals surface area contributed by atoms with E-state index in [9.17, 15) is 17.9 Å². The van der Waals surface area contributed by atoms with Crippen molar-refractivity contribution in [2.45, 2.75) is 29.9 Å². The van der Waals surface area contributed by atoms with Crippen LogP contribution in [0.5, 0.6) is 5.75 Å². The largest absolute Gasteiger partial charge is 0.495 e. The summed E-state index contributed by atoms with van der Waals surface area (Å²) in [5, 5.41) is 12.1. The van der Waals surface area contributed by atoms with E-state index in [-0.39, 0.29) is 36.6 Å². The quantitative estimate of drug-likeness (QED) is 0.687. The molecule has 0 saturated carbocycles. The van der Waals surface area contributed by atoms with E-state index in [0.717, 1.165) is 23.0 Å². The van der Waals surface area contributed by atoms with Gasteiger partial charge in [-0.2, -0.15) is 4.31 Å². The average molecular weight is 419 g/mol. The topological polar surface area (TPSA) is 84.7 Å². The Morgan fingerprint density at radius 2 is 2.00 bits per heavy atom. The van der Waals surface area contributed by atoms with Gasteiger partial charge in [-0.3, -0.25) is 4.98 Å². The number of ether oxygens (including phenoxy) is 1. The fourth-order valence-electron chi connectivity index (χ4n) is 3.78. The molecule has 7 nitrogen and oxygen atoms in total. The molecular weight excluding hydrogens is 397 g/mol. The number of aliphatic hydroxyl groups is 1. The number of fused-ring (bicyclic) bond motifs is 1. The number of piperidine rings is 1. The molecule has 1 aromatic carbocycles. The predicted molar refractivity (Wildman–Crippen MR) is 106 cm³/mol. The minimum Gasteiger partial charge on any atom is -0.495 e. The number of pyridine rings is 1. The van der Waals surface area contributed by atoms with E-state index in [4.69, 9.17) is 4.74 Å². The molecule has 1 N–H and O–H groups in total. The molecule has 154 valence electrons. The highest BCUT2D eigenvalue weighted by Crippen LogP contribution is 2.32. The highest BCUT2D eigenvalue weighted by molar-refractivity contribution is 7.89. The summed E-state index contributed by atoms with van der Waals surface area (Å²) < 4.78 is 48.0. The van der Waals surface area contributed by atoms with Crippen LogP contribution in [0.15, 0.2) is 53.8 Å². The van der Waals surface area contributed by atoms with Crippen LogP contribution in [-0.4, -0.2) is 53.2 Å². The van der Waals surface area contributed by atoms with Crippen molar-refractivity contribution in [2.75, 3.05) is 20.2 Å². The normalized spacial score (nSPS) is 17.5. The van der Waals surface area contributed by atoms with E-state index in [1.165, 1.54) is 17.5 Å². The molecule has 1 aliphatic heterocycles. The zero-order valence-corrected chi connectivity index (χ0v) is 16.8. The lowest BCUT2D eigenvalue weighted by molar-refractivity contribution is -0.0185. The Labute approximate surface area is 168 Å². The summed E-state index contributed by atoms with van der Waals surface area (Å²) in [6.45, 7) is 0.616. The second-order valence-electron chi connectivity index (χ2n) is 7.30. The first-order valence-electron chi connectivity index (χ1n) is 9.27. The highest BCUT2D eigenvalue weighted by Gasteiger charge is 2.38. The van der Waals surface area contributed by atoms with E-state index >= 15 is 0 Å². The van der Waals surface area contributed by atoms with E-state index in [1.807, 2.05) is 22.9 Å². The van der Waals surface area contributed by atoms with E-state index in [2.05, 4.69) is 4.98 Å². The first-order valence-corrected chi connectivity index (χ1v) is 10.7. The van der Waals surface area contributed by atoms with Gasteiger partial charge >= 0.3 is 0 Å². The van der Waals surface area contributed by atoms with Crippen LogP contribution in [0.25, 0.3) is 10.9 Å². The van der Waals surface area contributed by atoms with Crippen LogP contribution in [0, 0.1) is 5.82 Å². The Morgan fingerprint density at radius 3 is 2.72 bits per heavy atom. The smallest absolute Gasteiger partial charge is 0.246 e. The van der Waals surface area contributed by atoms with Gasteiger partial charge < -0.3 is 14.4 Å². The predicted octanol–water partition coefficient (Wildman–Crippen LogP) is 2.40. The molecule has 0 unspecified atom stereocenters. The summed E-state index contributed by atoms with van der Waals surface area (Å²) in [5.41, 5.74) is -0.125. The van der Waals surface area contributed by atoms with Crippen molar-refractivity contribution in [1.82, 2.24) is 13.9 Å². The summed E-state index contributed by atoms with van der Waals surface area (Å²) in [7, 11) is -2.59. The third kappa shape index (κ3) is 3.73. The summed E-state index contributed by atoms with van der Waals surface area (Å²) in [6.07, 6.45) is 5.89. The van der Waals surface area contributed by atoms with Gasteiger partial charge in [0.05, 0.1) is 31.0 Å². The van der Waals surface area contributed by atoms with Crippen LogP contribution in [0.3, 0.4) is 0 Å². The Bertz CT molecular complexity index is 1140. The lowest BCUT2D eigenvalue weighted by Gasteiger charge is -2.38. The van der Waals surface area contributed by atoms with E-state index < -0.39 is 21.4 Å². The SMILES string of the molecule is COc1ccc(F)cc1S(=O)(=O)N1CCC(O)(Cn2ccc3ccncc32)CC1. The monoisotopic (exact) mass is 419 g/mol. The Morgan fingerprint density at radius 1 is 1.24 bits per heavy atom. The lowest BCUT2D eigenvalue weighted by Crippen LogP contribution is -2.48. The van der Waals surface area contributed by atoms with Crippen molar-refractivity contribution in [1.29, 1.82) is 0 Å². The molecule has 0 aliphatic carbocycles. The zero-order valence-electron chi connectivity index (χ0n) is 16.0. The molecule has 1 fully saturated rings. The van der Waals surface area contributed by atoms with Crippen LogP contribution in [-0.2, 0) is 16.6 Å². The number of sulfonamides is 1. The Balaban J connectivity index is 1.52. The molecule has 0 spiro atoms. The third-order valence-corrected chi connectivity index (χ3v) is 7.36. The van der Waals surface area contributed by atoms with Crippen LogP contribution in [0.4, 0.5) is 4.39 Å². The van der Waals surface area contributed by atoms with Gasteiger partial charge in [0.15, 0.2) is 0 Å². The summed E-state index contributed by atoms with van der Waals surface area (Å²) >= 11 is 0. The van der Waals surface area contributed by atoms with Gasteiger partial charge in [0.2, 0.25) is 10.0 Å². The molecule has 0 atom stereocenters. The Kier molecular flexibility index (Phi) is 5.05. The van der Waals surface area contributed by atoms with Gasteiger partial charge in [0.1, 0.15) is 16.5 Å². The molecule has 4 rings (SSSR count). The molecule has 1 saturated heterocycles. The van der Waals surface area contributed by atoms with Gasteiger partial charge in [-0.15, -0.1) is 0 Å². The second kappa shape index (κ2) is 7.40. The molecule has 2 aromatic heterocycles. The van der Waals surface area contributed by atoms with E-state index in [0.29, 0.717) is 6.54 Å². The zero-order chi connectivity index (χ0) is 20.6. The van der Waals surface area contributed by atoms with Crippen molar-refractivity contribution in [3.8, 4) is 5.75 Å². The first kappa shape index (κ1) is 19.8.